The zero-order valence-electron chi connectivity index (χ0n) is 27.4. The molecule has 1 unspecified atom stereocenters. The van der Waals surface area contributed by atoms with Crippen molar-refractivity contribution in [2.24, 2.45) is 22.2 Å². The maximum Gasteiger partial charge on any atom is 0.243 e. The van der Waals surface area contributed by atoms with Crippen LogP contribution < -0.4 is 38.5 Å². The van der Waals surface area contributed by atoms with E-state index in [9.17, 15) is 24.0 Å². The van der Waals surface area contributed by atoms with Gasteiger partial charge in [0.15, 0.2) is 5.96 Å². The number of fused-ring (bicyclic) bond motifs is 1. The number of hydrogen-bond donors (Lipinski definition) is 8. The Labute approximate surface area is 284 Å². The van der Waals surface area contributed by atoms with Crippen molar-refractivity contribution in [2.45, 2.75) is 75.5 Å². The first-order valence-electron chi connectivity index (χ1n) is 16.1. The Bertz CT molecular complexity index is 1640. The molecule has 1 aromatic heterocycles. The number of aryl methyl sites for hydroxylation is 1. The van der Waals surface area contributed by atoms with Crippen LogP contribution >= 0.6 is 0 Å². The van der Waals surface area contributed by atoms with Gasteiger partial charge in [-0.2, -0.15) is 0 Å². The summed E-state index contributed by atoms with van der Waals surface area (Å²) in [5.41, 5.74) is 18.8. The maximum absolute atomic E-state index is 14.0. The molecule has 0 aliphatic heterocycles. The van der Waals surface area contributed by atoms with Gasteiger partial charge in [-0.25, -0.2) is 4.98 Å². The van der Waals surface area contributed by atoms with Crippen LogP contribution in [0.2, 0.25) is 0 Å². The number of aliphatic imine (C=N–C) groups is 1. The Morgan fingerprint density at radius 3 is 2.14 bits per heavy atom. The van der Waals surface area contributed by atoms with Crippen molar-refractivity contribution in [3.63, 3.8) is 0 Å². The lowest BCUT2D eigenvalue weighted by Gasteiger charge is -2.37. The number of aromatic amines is 1. The summed E-state index contributed by atoms with van der Waals surface area (Å²) in [6.45, 7) is 1.48. The molecule has 1 aliphatic rings. The molecule has 0 saturated heterocycles. The van der Waals surface area contributed by atoms with Gasteiger partial charge in [0, 0.05) is 44.6 Å². The molecule has 260 valence electrons. The van der Waals surface area contributed by atoms with Crippen LogP contribution in [-0.4, -0.2) is 75.7 Å². The number of nitrogens with two attached hydrogens (primary N) is 3. The molecule has 11 N–H and O–H groups in total. The highest BCUT2D eigenvalue weighted by molar-refractivity contribution is 5.96. The van der Waals surface area contributed by atoms with Crippen LogP contribution in [-0.2, 0) is 49.7 Å². The average Bonchev–Trinajstić information content (AvgIpc) is 3.58. The molecule has 49 heavy (non-hydrogen) atoms. The van der Waals surface area contributed by atoms with Gasteiger partial charge in [-0.15, -0.1) is 0 Å². The Kier molecular flexibility index (Phi) is 12.5. The van der Waals surface area contributed by atoms with E-state index in [1.165, 1.54) is 19.4 Å². The van der Waals surface area contributed by atoms with Gasteiger partial charge >= 0.3 is 0 Å². The molecule has 0 fully saturated rings. The number of H-pyrrole nitrogens is 1. The summed E-state index contributed by atoms with van der Waals surface area (Å²) in [7, 11) is 0. The van der Waals surface area contributed by atoms with Crippen LogP contribution in [0.5, 0.6) is 0 Å². The number of carbonyl (C=O) groups is 5. The molecule has 0 spiro atoms. The monoisotopic (exact) mass is 672 g/mol. The fraction of sp³-hybridized carbons (Fsp3) is 0.382. The largest absolute Gasteiger partial charge is 0.370 e. The Morgan fingerprint density at radius 1 is 0.857 bits per heavy atom. The third kappa shape index (κ3) is 10.4. The van der Waals surface area contributed by atoms with Gasteiger partial charge in [-0.1, -0.05) is 54.6 Å². The summed E-state index contributed by atoms with van der Waals surface area (Å²) in [4.78, 5) is 77.2. The molecular formula is C34H44N10O5. The van der Waals surface area contributed by atoms with Gasteiger partial charge in [-0.05, 0) is 42.4 Å². The van der Waals surface area contributed by atoms with Crippen molar-refractivity contribution in [2.75, 3.05) is 6.54 Å². The van der Waals surface area contributed by atoms with E-state index in [1.54, 1.807) is 24.3 Å². The van der Waals surface area contributed by atoms with Gasteiger partial charge in [0.1, 0.15) is 23.7 Å². The number of nitrogens with one attached hydrogen (secondary N) is 5. The lowest BCUT2D eigenvalue weighted by molar-refractivity contribution is -0.136. The van der Waals surface area contributed by atoms with Gasteiger partial charge in [-0.3, -0.25) is 29.0 Å². The number of guanidine groups is 1. The Balaban J connectivity index is 1.57. The van der Waals surface area contributed by atoms with Crippen LogP contribution in [0.4, 0.5) is 0 Å². The molecule has 0 saturated carbocycles. The third-order valence-electron chi connectivity index (χ3n) is 8.43. The quantitative estimate of drug-likeness (QED) is 0.0545. The summed E-state index contributed by atoms with van der Waals surface area (Å²) in [6.07, 6.45) is 4.61. The number of imidazole rings is 1. The summed E-state index contributed by atoms with van der Waals surface area (Å²) in [5, 5.41) is 11.0. The van der Waals surface area contributed by atoms with Crippen LogP contribution in [0.15, 0.2) is 72.1 Å². The highest BCUT2D eigenvalue weighted by atomic mass is 16.2. The highest BCUT2D eigenvalue weighted by Crippen LogP contribution is 2.29. The second-order valence-electron chi connectivity index (χ2n) is 12.2. The number of nitrogens with zero attached hydrogens (tertiary/aromatic N) is 2. The first-order chi connectivity index (χ1) is 23.5. The van der Waals surface area contributed by atoms with Crippen molar-refractivity contribution in [1.29, 1.82) is 0 Å². The van der Waals surface area contributed by atoms with E-state index in [4.69, 9.17) is 17.2 Å². The average molecular weight is 673 g/mol. The molecule has 15 heteroatoms. The molecule has 2 aromatic carbocycles. The molecular weight excluding hydrogens is 628 g/mol. The molecule has 0 bridgehead atoms. The van der Waals surface area contributed by atoms with E-state index < -0.39 is 53.2 Å². The zero-order chi connectivity index (χ0) is 35.4. The topological polar surface area (TPSA) is 253 Å². The second kappa shape index (κ2) is 16.9. The molecule has 3 aromatic rings. The fourth-order valence-electron chi connectivity index (χ4n) is 5.88. The Morgan fingerprint density at radius 2 is 1.51 bits per heavy atom. The molecule has 0 radical (unpaired) electrons. The first-order valence-corrected chi connectivity index (χ1v) is 16.1. The molecule has 4 rings (SSSR count). The zero-order valence-corrected chi connectivity index (χ0v) is 27.4. The molecule has 15 nitrogen and oxygen atoms in total. The summed E-state index contributed by atoms with van der Waals surface area (Å²) < 4.78 is 0. The van der Waals surface area contributed by atoms with Crippen molar-refractivity contribution >= 4 is 35.5 Å². The van der Waals surface area contributed by atoms with Gasteiger partial charge < -0.3 is 43.5 Å². The standard InChI is InChI=1S/C34H44N10O5/c1-21(45)41-28(17-25-19-38-20-40-25)30(47)43-27(16-22-8-3-2-4-9-22)29(46)42-26(12-7-15-39-33(36)37)31(48)44-34(32(35)49)14-13-23-10-5-6-11-24(23)18-34/h2-6,8-11,19-20,26-28H,7,12-18H2,1H3,(H2,35,49)(H,38,40)(H,41,45)(H,42,46)(H,43,47)(H,44,48)(H4,36,37,39)/t26-,27-,28-,34?/m0/s1. The number of aromatic nitrogens is 2. The predicted molar refractivity (Wildman–Crippen MR) is 182 cm³/mol. The van der Waals surface area contributed by atoms with Crippen molar-refractivity contribution in [3.8, 4) is 0 Å². The number of benzene rings is 2. The van der Waals surface area contributed by atoms with Crippen LogP contribution in [0, 0.1) is 0 Å². The third-order valence-corrected chi connectivity index (χ3v) is 8.43. The summed E-state index contributed by atoms with van der Waals surface area (Å²) in [5.74, 6) is -3.11. The van der Waals surface area contributed by atoms with E-state index >= 15 is 0 Å². The van der Waals surface area contributed by atoms with E-state index in [-0.39, 0.29) is 44.6 Å². The lowest BCUT2D eigenvalue weighted by atomic mass is 9.77. The fourth-order valence-corrected chi connectivity index (χ4v) is 5.88. The maximum atomic E-state index is 14.0. The first kappa shape index (κ1) is 36.1. The minimum absolute atomic E-state index is 0.0829. The van der Waals surface area contributed by atoms with Gasteiger partial charge in [0.05, 0.1) is 6.33 Å². The van der Waals surface area contributed by atoms with Gasteiger partial charge in [0.25, 0.3) is 0 Å². The van der Waals surface area contributed by atoms with Gasteiger partial charge in [0.2, 0.25) is 29.5 Å². The van der Waals surface area contributed by atoms with E-state index in [2.05, 4.69) is 36.2 Å². The van der Waals surface area contributed by atoms with Crippen LogP contribution in [0.1, 0.15) is 48.6 Å². The number of amides is 5. The minimum atomic E-state index is -1.37. The number of carbonyl (C=O) groups excluding carboxylic acids is 5. The van der Waals surface area contributed by atoms with Crippen molar-refractivity contribution in [3.05, 3.63) is 89.5 Å². The number of primary amides is 1. The smallest absolute Gasteiger partial charge is 0.243 e. The SMILES string of the molecule is CC(=O)N[C@@H](Cc1cnc[nH]1)C(=O)N[C@@H](Cc1ccccc1)C(=O)N[C@@H](CCCN=C(N)N)C(=O)NC1(C(N)=O)CCc2ccccc2C1. The van der Waals surface area contributed by atoms with Crippen LogP contribution in [0.3, 0.4) is 0 Å². The second-order valence-corrected chi connectivity index (χ2v) is 12.2. The lowest BCUT2D eigenvalue weighted by Crippen LogP contribution is -2.64. The highest BCUT2D eigenvalue weighted by Gasteiger charge is 2.42. The van der Waals surface area contributed by atoms with Crippen LogP contribution in [0.25, 0.3) is 0 Å². The minimum Gasteiger partial charge on any atom is -0.370 e. The Hall–Kier alpha value is -5.73. The van der Waals surface area contributed by atoms with E-state index in [1.807, 2.05) is 30.3 Å². The molecule has 4 atom stereocenters. The summed E-state index contributed by atoms with van der Waals surface area (Å²) in [6, 6.07) is 13.4. The van der Waals surface area contributed by atoms with E-state index in [0.717, 1.165) is 16.7 Å². The predicted octanol–water partition coefficient (Wildman–Crippen LogP) is -0.748. The van der Waals surface area contributed by atoms with Crippen molar-refractivity contribution in [1.82, 2.24) is 31.2 Å². The van der Waals surface area contributed by atoms with Crippen molar-refractivity contribution < 1.29 is 24.0 Å². The molecule has 5 amide bonds. The van der Waals surface area contributed by atoms with E-state index in [0.29, 0.717) is 18.5 Å². The molecule has 1 aliphatic carbocycles. The number of hydrogen-bond acceptors (Lipinski definition) is 7. The summed E-state index contributed by atoms with van der Waals surface area (Å²) >= 11 is 0. The normalized spacial score (nSPS) is 16.9. The number of rotatable bonds is 16. The molecule has 1 heterocycles.